The largest absolute Gasteiger partial charge is 0.480 e. The summed E-state index contributed by atoms with van der Waals surface area (Å²) < 4.78 is 2.03. The van der Waals surface area contributed by atoms with Crippen LogP contribution in [0.5, 0.6) is 0 Å². The van der Waals surface area contributed by atoms with Gasteiger partial charge in [0.25, 0.3) is 6.92 Å². The van der Waals surface area contributed by atoms with Crippen LogP contribution in [0.3, 0.4) is 0 Å². The Morgan fingerprint density at radius 3 is 2.71 bits per heavy atom. The monoisotopic (exact) mass is 331 g/mol. The molecule has 1 unspecified atom stereocenters. The Bertz CT molecular complexity index is 674. The predicted molar refractivity (Wildman–Crippen MR) is 96.0 cm³/mol. The second kappa shape index (κ2) is 8.30. The number of aryl methyl sites for hydroxylation is 1. The summed E-state index contributed by atoms with van der Waals surface area (Å²) in [6, 6.07) is 7.87. The normalized spacial score (nSPS) is 13.8. The fourth-order valence-electron chi connectivity index (χ4n) is 2.97. The fraction of sp³-hybridized carbons (Fsp3) is 0.529. The van der Waals surface area contributed by atoms with Crippen molar-refractivity contribution < 1.29 is 14.9 Å². The lowest BCUT2D eigenvalue weighted by Crippen LogP contribution is -2.48. The number of fused-ring (bicyclic) bond motifs is 1. The summed E-state index contributed by atoms with van der Waals surface area (Å²) in [6.07, 6.45) is 5.49. The summed E-state index contributed by atoms with van der Waals surface area (Å²) in [4.78, 5) is 15.9. The highest BCUT2D eigenvalue weighted by Gasteiger charge is 2.32. The van der Waals surface area contributed by atoms with Gasteiger partial charge < -0.3 is 20.4 Å². The maximum absolute atomic E-state index is 11.6. The molecule has 130 valence electrons. The number of hydrogen-bond acceptors (Lipinski definition) is 4. The molecule has 1 atom stereocenters. The van der Waals surface area contributed by atoms with Gasteiger partial charge in [0.2, 0.25) is 0 Å². The summed E-state index contributed by atoms with van der Waals surface area (Å²) in [5.74, 6) is -0.949. The topological polar surface area (TPSA) is 101 Å². The van der Waals surface area contributed by atoms with E-state index in [9.17, 15) is 14.9 Å². The fourth-order valence-corrected chi connectivity index (χ4v) is 2.97. The van der Waals surface area contributed by atoms with Gasteiger partial charge in [0.1, 0.15) is 5.54 Å². The summed E-state index contributed by atoms with van der Waals surface area (Å²) in [7, 11) is 0. The summed E-state index contributed by atoms with van der Waals surface area (Å²) in [6.45, 7) is 2.08. The van der Waals surface area contributed by atoms with Gasteiger partial charge in [-0.05, 0) is 37.7 Å². The van der Waals surface area contributed by atoms with Gasteiger partial charge in [-0.2, -0.15) is 0 Å². The molecular weight excluding hydrogens is 305 g/mol. The Balaban J connectivity index is 1.87. The molecule has 2 rings (SSSR count). The van der Waals surface area contributed by atoms with Crippen LogP contribution >= 0.6 is 0 Å². The number of carbonyl (C=O) groups is 1. The molecule has 0 radical (unpaired) electrons. The number of aliphatic carboxylic acids is 1. The van der Waals surface area contributed by atoms with Crippen molar-refractivity contribution in [2.75, 3.05) is 0 Å². The van der Waals surface area contributed by atoms with Crippen molar-refractivity contribution in [3.8, 4) is 0 Å². The van der Waals surface area contributed by atoms with Crippen LogP contribution in [0.1, 0.15) is 32.1 Å². The Hall–Kier alpha value is -1.86. The third-order valence-electron chi connectivity index (χ3n) is 4.47. The Kier molecular flexibility index (Phi) is 6.40. The van der Waals surface area contributed by atoms with E-state index in [-0.39, 0.29) is 6.92 Å². The maximum atomic E-state index is 11.6. The molecule has 0 aliphatic heterocycles. The van der Waals surface area contributed by atoms with Gasteiger partial charge in [-0.25, -0.2) is 4.98 Å². The molecule has 24 heavy (non-hydrogen) atoms. The van der Waals surface area contributed by atoms with Crippen molar-refractivity contribution in [1.82, 2.24) is 9.55 Å². The van der Waals surface area contributed by atoms with Crippen LogP contribution in [0.15, 0.2) is 30.6 Å². The minimum absolute atomic E-state index is 0.350. The van der Waals surface area contributed by atoms with E-state index in [2.05, 4.69) is 4.98 Å². The number of rotatable bonds is 10. The van der Waals surface area contributed by atoms with Gasteiger partial charge >= 0.3 is 5.97 Å². The van der Waals surface area contributed by atoms with E-state index in [1.165, 1.54) is 0 Å². The molecular formula is C17H26BN3O3. The molecule has 0 aliphatic rings. The molecule has 4 N–H and O–H groups in total. The zero-order chi connectivity index (χ0) is 17.6. The van der Waals surface area contributed by atoms with Crippen LogP contribution in [-0.4, -0.2) is 38.1 Å². The van der Waals surface area contributed by atoms with E-state index < -0.39 is 11.5 Å². The average Bonchev–Trinajstić information content (AvgIpc) is 2.95. The molecule has 0 saturated heterocycles. The van der Waals surface area contributed by atoms with Crippen LogP contribution in [0, 0.1) is 0 Å². The van der Waals surface area contributed by atoms with Crippen molar-refractivity contribution in [2.24, 2.45) is 5.73 Å². The van der Waals surface area contributed by atoms with E-state index in [0.717, 1.165) is 17.5 Å². The standard InChI is InChI=1S/C17H26BN3O3/c1-18(24)11-5-4-9-17(19,16(22)23)10-6-12-21-13-20-14-7-2-3-8-15(14)21/h2-3,7-8,13,24H,4-6,9-12,19H2,1H3,(H,22,23). The molecule has 0 bridgehead atoms. The molecule has 2 aromatic rings. The highest BCUT2D eigenvalue weighted by molar-refractivity contribution is 6.48. The number of carboxylic acids is 1. The second-order valence-corrected chi connectivity index (χ2v) is 6.59. The van der Waals surface area contributed by atoms with Gasteiger partial charge in [-0.1, -0.05) is 31.8 Å². The van der Waals surface area contributed by atoms with E-state index in [1.54, 1.807) is 13.2 Å². The van der Waals surface area contributed by atoms with Crippen LogP contribution in [0.2, 0.25) is 13.1 Å². The first-order valence-electron chi connectivity index (χ1n) is 8.52. The number of nitrogens with two attached hydrogens (primary N) is 1. The van der Waals surface area contributed by atoms with E-state index >= 15 is 0 Å². The molecule has 1 aromatic carbocycles. The van der Waals surface area contributed by atoms with Gasteiger partial charge in [0.15, 0.2) is 0 Å². The Morgan fingerprint density at radius 2 is 2.00 bits per heavy atom. The molecule has 6 nitrogen and oxygen atoms in total. The van der Waals surface area contributed by atoms with Crippen LogP contribution in [0.4, 0.5) is 0 Å². The number of carboxylic acid groups (broad SMARTS) is 1. The van der Waals surface area contributed by atoms with Crippen molar-refractivity contribution in [3.63, 3.8) is 0 Å². The summed E-state index contributed by atoms with van der Waals surface area (Å²) in [5, 5.41) is 18.7. The van der Waals surface area contributed by atoms with Crippen molar-refractivity contribution in [3.05, 3.63) is 30.6 Å². The Labute approximate surface area is 142 Å². The lowest BCUT2D eigenvalue weighted by Gasteiger charge is -2.25. The van der Waals surface area contributed by atoms with Crippen LogP contribution in [-0.2, 0) is 11.3 Å². The number of para-hydroxylation sites is 2. The molecule has 0 fully saturated rings. The van der Waals surface area contributed by atoms with Crippen molar-refractivity contribution >= 4 is 23.9 Å². The first-order valence-corrected chi connectivity index (χ1v) is 8.52. The first-order chi connectivity index (χ1) is 11.4. The van der Waals surface area contributed by atoms with Gasteiger partial charge in [0.05, 0.1) is 17.4 Å². The van der Waals surface area contributed by atoms with E-state index in [1.807, 2.05) is 28.8 Å². The smallest absolute Gasteiger partial charge is 0.323 e. The van der Waals surface area contributed by atoms with E-state index in [4.69, 9.17) is 5.73 Å². The second-order valence-electron chi connectivity index (χ2n) is 6.59. The number of unbranched alkanes of at least 4 members (excludes halogenated alkanes) is 1. The van der Waals surface area contributed by atoms with Crippen molar-refractivity contribution in [2.45, 2.75) is 57.3 Å². The van der Waals surface area contributed by atoms with Crippen LogP contribution < -0.4 is 5.73 Å². The molecule has 1 aromatic heterocycles. The number of hydrogen-bond donors (Lipinski definition) is 3. The van der Waals surface area contributed by atoms with Gasteiger partial charge in [-0.3, -0.25) is 4.79 Å². The molecule has 0 amide bonds. The highest BCUT2D eigenvalue weighted by Crippen LogP contribution is 2.21. The molecule has 0 saturated carbocycles. The lowest BCUT2D eigenvalue weighted by atomic mass is 9.66. The van der Waals surface area contributed by atoms with Crippen LogP contribution in [0.25, 0.3) is 11.0 Å². The molecule has 0 spiro atoms. The predicted octanol–water partition coefficient (Wildman–Crippen LogP) is 2.38. The average molecular weight is 331 g/mol. The zero-order valence-electron chi connectivity index (χ0n) is 14.2. The minimum Gasteiger partial charge on any atom is -0.480 e. The molecule has 7 heteroatoms. The van der Waals surface area contributed by atoms with Crippen molar-refractivity contribution in [1.29, 1.82) is 0 Å². The van der Waals surface area contributed by atoms with E-state index in [0.29, 0.717) is 38.5 Å². The zero-order valence-corrected chi connectivity index (χ0v) is 14.2. The number of aromatic nitrogens is 2. The summed E-state index contributed by atoms with van der Waals surface area (Å²) in [5.41, 5.74) is 6.91. The number of imidazole rings is 1. The lowest BCUT2D eigenvalue weighted by molar-refractivity contribution is -0.144. The minimum atomic E-state index is -1.20. The third kappa shape index (κ3) is 4.82. The first kappa shape index (κ1) is 18.5. The van der Waals surface area contributed by atoms with Gasteiger partial charge in [0, 0.05) is 6.54 Å². The highest BCUT2D eigenvalue weighted by atomic mass is 16.4. The SMILES string of the molecule is CB(O)CCCCC(N)(CCCn1cnc2ccccc21)C(=O)O. The quantitative estimate of drug-likeness (QED) is 0.458. The molecule has 1 heterocycles. The Morgan fingerprint density at radius 1 is 1.29 bits per heavy atom. The number of nitrogens with zero attached hydrogens (tertiary/aromatic N) is 2. The van der Waals surface area contributed by atoms with Gasteiger partial charge in [-0.15, -0.1) is 0 Å². The molecule has 0 aliphatic carbocycles. The summed E-state index contributed by atoms with van der Waals surface area (Å²) >= 11 is 0. The maximum Gasteiger partial charge on any atom is 0.323 e. The number of benzene rings is 1. The third-order valence-corrected chi connectivity index (χ3v) is 4.47.